The molecule has 9 heteroatoms. The van der Waals surface area contributed by atoms with Crippen LogP contribution < -0.4 is 11.1 Å². The Morgan fingerprint density at radius 3 is 2.73 bits per heavy atom. The molecule has 0 radical (unpaired) electrons. The lowest BCUT2D eigenvalue weighted by Gasteiger charge is -2.38. The smallest absolute Gasteiger partial charge is 0.313 e. The van der Waals surface area contributed by atoms with E-state index in [4.69, 9.17) is 10.7 Å². The number of likely N-dealkylation sites (N-methyl/N-ethyl adjacent to an activating group) is 1. The van der Waals surface area contributed by atoms with Crippen LogP contribution in [0.4, 0.5) is 11.5 Å². The lowest BCUT2D eigenvalue weighted by Crippen LogP contribution is -2.46. The van der Waals surface area contributed by atoms with Crippen LogP contribution >= 0.6 is 11.3 Å². The summed E-state index contributed by atoms with van der Waals surface area (Å²) >= 11 is 1.78. The van der Waals surface area contributed by atoms with Crippen LogP contribution in [0.5, 0.6) is 0 Å². The van der Waals surface area contributed by atoms with Crippen molar-refractivity contribution in [1.82, 2.24) is 19.8 Å². The highest BCUT2D eigenvalue weighted by Crippen LogP contribution is 2.50. The molecule has 1 aromatic carbocycles. The van der Waals surface area contributed by atoms with Crippen molar-refractivity contribution < 1.29 is 9.59 Å². The number of hydrogen-bond donors (Lipinski definition) is 2. The number of nitrogen functional groups attached to an aromatic ring is 1. The predicted molar refractivity (Wildman–Crippen MR) is 149 cm³/mol. The van der Waals surface area contributed by atoms with Gasteiger partial charge in [0.05, 0.1) is 28.1 Å². The van der Waals surface area contributed by atoms with Gasteiger partial charge in [-0.25, -0.2) is 9.97 Å². The molecule has 0 spiro atoms. The van der Waals surface area contributed by atoms with Crippen molar-refractivity contribution in [2.24, 2.45) is 5.92 Å². The number of anilines is 2. The first kappa shape index (κ1) is 25.6. The minimum Gasteiger partial charge on any atom is -0.383 e. The van der Waals surface area contributed by atoms with E-state index in [0.29, 0.717) is 30.4 Å². The van der Waals surface area contributed by atoms with E-state index >= 15 is 0 Å². The number of rotatable bonds is 6. The monoisotopic (exact) mass is 520 g/mol. The Kier molecular flexibility index (Phi) is 6.93. The quantitative estimate of drug-likeness (QED) is 0.468. The van der Waals surface area contributed by atoms with E-state index in [0.717, 1.165) is 36.0 Å². The Morgan fingerprint density at radius 1 is 1.24 bits per heavy atom. The molecule has 3 aromatic rings. The van der Waals surface area contributed by atoms with Crippen LogP contribution in [0.25, 0.3) is 10.2 Å². The summed E-state index contributed by atoms with van der Waals surface area (Å²) in [4.78, 5) is 39.6. The number of nitrogens with zero attached hydrogens (tertiary/aromatic N) is 4. The van der Waals surface area contributed by atoms with Gasteiger partial charge in [0, 0.05) is 18.5 Å². The summed E-state index contributed by atoms with van der Waals surface area (Å²) in [6.07, 6.45) is 6.37. The molecule has 1 saturated carbocycles. The molecule has 196 valence electrons. The fraction of sp³-hybridized carbons (Fsp3) is 0.500. The van der Waals surface area contributed by atoms with Crippen molar-refractivity contribution in [3.63, 3.8) is 0 Å². The molecular weight excluding hydrogens is 484 g/mol. The standard InChI is InChI=1S/C28H36N6O2S/c1-5-18-12-20(14-30-24(18)29)31-25(35)26(36)34-15-17(2)6-8-22(34)19-7-9-23-21(13-19)32-27(37-23)28(10-11-28)16-33(3)4/h7,9,12-14,17,22H,5-6,8,10-11,15-16H2,1-4H3,(H2,29,30)(H,31,35)/t17-,22+/m0/s1. The highest BCUT2D eigenvalue weighted by atomic mass is 32.1. The average Bonchev–Trinajstić information content (AvgIpc) is 3.51. The van der Waals surface area contributed by atoms with E-state index in [9.17, 15) is 9.59 Å². The number of nitrogens with two attached hydrogens (primary N) is 1. The van der Waals surface area contributed by atoms with Crippen molar-refractivity contribution in [2.75, 3.05) is 38.2 Å². The number of fused-ring (bicyclic) bond motifs is 1. The number of hydrogen-bond acceptors (Lipinski definition) is 7. The lowest BCUT2D eigenvalue weighted by atomic mass is 9.89. The fourth-order valence-corrected chi connectivity index (χ4v) is 6.67. The van der Waals surface area contributed by atoms with Gasteiger partial charge >= 0.3 is 11.8 Å². The van der Waals surface area contributed by atoms with Gasteiger partial charge in [-0.1, -0.05) is 19.9 Å². The highest BCUT2D eigenvalue weighted by molar-refractivity contribution is 7.18. The second-order valence-electron chi connectivity index (χ2n) is 11.0. The average molecular weight is 521 g/mol. The number of benzene rings is 1. The van der Waals surface area contributed by atoms with E-state index in [1.54, 1.807) is 22.3 Å². The Hall–Kier alpha value is -3.04. The zero-order valence-electron chi connectivity index (χ0n) is 22.1. The lowest BCUT2D eigenvalue weighted by molar-refractivity contribution is -0.146. The third-order valence-electron chi connectivity index (χ3n) is 7.64. The van der Waals surface area contributed by atoms with E-state index in [2.05, 4.69) is 54.4 Å². The SMILES string of the molecule is CCc1cc(NC(=O)C(=O)N2C[C@@H](C)CC[C@@H]2c2ccc3sc(C4(CN(C)C)CC4)nc3c2)cnc1N. The maximum absolute atomic E-state index is 13.4. The molecule has 1 aliphatic heterocycles. The van der Waals surface area contributed by atoms with E-state index in [1.165, 1.54) is 28.7 Å². The molecule has 2 atom stereocenters. The van der Waals surface area contributed by atoms with Crippen LogP contribution in [0.3, 0.4) is 0 Å². The molecule has 2 aromatic heterocycles. The molecule has 0 bridgehead atoms. The van der Waals surface area contributed by atoms with Crippen molar-refractivity contribution in [2.45, 2.75) is 57.4 Å². The number of aromatic nitrogens is 2. The number of amides is 2. The summed E-state index contributed by atoms with van der Waals surface area (Å²) in [6, 6.07) is 7.98. The summed E-state index contributed by atoms with van der Waals surface area (Å²) in [5, 5.41) is 3.95. The second-order valence-corrected chi connectivity index (χ2v) is 12.0. The molecule has 2 fully saturated rings. The van der Waals surface area contributed by atoms with Crippen molar-refractivity contribution in [3.05, 3.63) is 46.6 Å². The summed E-state index contributed by atoms with van der Waals surface area (Å²) in [5.41, 5.74) is 9.41. The van der Waals surface area contributed by atoms with Gasteiger partial charge in [-0.3, -0.25) is 9.59 Å². The maximum Gasteiger partial charge on any atom is 0.313 e. The Morgan fingerprint density at radius 2 is 2.03 bits per heavy atom. The number of thiazole rings is 1. The number of piperidine rings is 1. The molecule has 1 saturated heterocycles. The molecule has 2 amide bonds. The zero-order valence-corrected chi connectivity index (χ0v) is 22.9. The van der Waals surface area contributed by atoms with Crippen LogP contribution in [-0.4, -0.2) is 58.8 Å². The molecule has 2 aliphatic rings. The maximum atomic E-state index is 13.4. The van der Waals surface area contributed by atoms with Gasteiger partial charge < -0.3 is 20.9 Å². The van der Waals surface area contributed by atoms with E-state index < -0.39 is 11.8 Å². The van der Waals surface area contributed by atoms with Gasteiger partial charge in [0.15, 0.2) is 0 Å². The largest absolute Gasteiger partial charge is 0.383 e. The number of pyridine rings is 1. The van der Waals surface area contributed by atoms with Crippen molar-refractivity contribution in [1.29, 1.82) is 0 Å². The molecule has 5 rings (SSSR count). The minimum absolute atomic E-state index is 0.156. The number of carbonyl (C=O) groups excluding carboxylic acids is 2. The zero-order chi connectivity index (χ0) is 26.3. The second kappa shape index (κ2) is 10.0. The van der Waals surface area contributed by atoms with Crippen LogP contribution in [-0.2, 0) is 21.4 Å². The minimum atomic E-state index is -0.649. The summed E-state index contributed by atoms with van der Waals surface area (Å²) in [5.74, 6) is -0.405. The van der Waals surface area contributed by atoms with E-state index in [1.807, 2.05) is 6.92 Å². The molecule has 0 unspecified atom stereocenters. The Bertz CT molecular complexity index is 1330. The first-order chi connectivity index (χ1) is 17.7. The molecular formula is C28H36N6O2S. The van der Waals surface area contributed by atoms with Crippen LogP contribution in [0.2, 0.25) is 0 Å². The highest BCUT2D eigenvalue weighted by Gasteiger charge is 2.47. The van der Waals surface area contributed by atoms with Crippen LogP contribution in [0.1, 0.15) is 61.7 Å². The van der Waals surface area contributed by atoms with Gasteiger partial charge in [-0.2, -0.15) is 0 Å². The van der Waals surface area contributed by atoms with Gasteiger partial charge in [-0.15, -0.1) is 11.3 Å². The van der Waals surface area contributed by atoms with Gasteiger partial charge in [0.1, 0.15) is 10.8 Å². The number of carbonyl (C=O) groups is 2. The number of likely N-dealkylation sites (tertiary alicyclic amines) is 1. The van der Waals surface area contributed by atoms with E-state index in [-0.39, 0.29) is 11.5 Å². The molecule has 1 aliphatic carbocycles. The Labute approximate surface area is 222 Å². The first-order valence-electron chi connectivity index (χ1n) is 13.1. The molecule has 8 nitrogen and oxygen atoms in total. The molecule has 3 N–H and O–H groups in total. The van der Waals surface area contributed by atoms with Crippen molar-refractivity contribution >= 4 is 44.9 Å². The Balaban J connectivity index is 1.38. The van der Waals surface area contributed by atoms with Gasteiger partial charge in [-0.05, 0) is 81.4 Å². The number of aryl methyl sites for hydroxylation is 1. The van der Waals surface area contributed by atoms with Crippen molar-refractivity contribution in [3.8, 4) is 0 Å². The van der Waals surface area contributed by atoms with Gasteiger partial charge in [0.2, 0.25) is 0 Å². The summed E-state index contributed by atoms with van der Waals surface area (Å²) < 4.78 is 1.17. The normalized spacial score (nSPS) is 20.8. The molecule has 37 heavy (non-hydrogen) atoms. The third-order valence-corrected chi connectivity index (χ3v) is 8.92. The van der Waals surface area contributed by atoms with Crippen LogP contribution in [0.15, 0.2) is 30.5 Å². The number of nitrogens with one attached hydrogen (secondary N) is 1. The summed E-state index contributed by atoms with van der Waals surface area (Å²) in [7, 11) is 4.23. The van der Waals surface area contributed by atoms with Crippen LogP contribution in [0, 0.1) is 5.92 Å². The predicted octanol–water partition coefficient (Wildman–Crippen LogP) is 4.37. The third kappa shape index (κ3) is 5.20. The first-order valence-corrected chi connectivity index (χ1v) is 13.9. The molecule has 3 heterocycles. The fourth-order valence-electron chi connectivity index (χ4n) is 5.49. The summed E-state index contributed by atoms with van der Waals surface area (Å²) in [6.45, 7) is 5.66. The topological polar surface area (TPSA) is 104 Å². The van der Waals surface area contributed by atoms with Gasteiger partial charge in [0.25, 0.3) is 0 Å².